The Kier molecular flexibility index (Phi) is 7.89. The van der Waals surface area contributed by atoms with Crippen molar-refractivity contribution in [2.45, 2.75) is 52.4 Å². The maximum atomic E-state index is 13.2. The van der Waals surface area contributed by atoms with E-state index in [1.807, 2.05) is 61.7 Å². The molecule has 0 aliphatic rings. The lowest BCUT2D eigenvalue weighted by Gasteiger charge is -2.30. The van der Waals surface area contributed by atoms with Gasteiger partial charge in [-0.25, -0.2) is 4.68 Å². The first-order valence-electron chi connectivity index (χ1n) is 12.8. The van der Waals surface area contributed by atoms with Crippen molar-refractivity contribution in [1.29, 1.82) is 0 Å². The van der Waals surface area contributed by atoms with Gasteiger partial charge in [-0.05, 0) is 71.8 Å². The van der Waals surface area contributed by atoms with E-state index in [1.54, 1.807) is 17.1 Å². The molecule has 10 nitrogen and oxygen atoms in total. The second-order valence-corrected chi connectivity index (χ2v) is 9.15. The Labute approximate surface area is 220 Å². The molecular formula is C28H31N7O3. The smallest absolute Gasteiger partial charge is 0.252 e. The summed E-state index contributed by atoms with van der Waals surface area (Å²) in [6, 6.07) is 15.2. The van der Waals surface area contributed by atoms with Gasteiger partial charge in [-0.15, -0.1) is 5.10 Å². The van der Waals surface area contributed by atoms with E-state index in [0.29, 0.717) is 31.8 Å². The second-order valence-electron chi connectivity index (χ2n) is 9.15. The molecule has 0 aliphatic carbocycles. The first-order chi connectivity index (χ1) is 18.6. The number of ether oxygens (including phenoxy) is 1. The van der Waals surface area contributed by atoms with Gasteiger partial charge in [0, 0.05) is 41.9 Å². The monoisotopic (exact) mass is 513 g/mol. The molecule has 0 saturated heterocycles. The number of nitrogens with zero attached hydrogens (tertiary/aromatic N) is 6. The first-order valence-corrected chi connectivity index (χ1v) is 12.8. The third-order valence-corrected chi connectivity index (χ3v) is 6.43. The number of tetrazole rings is 1. The zero-order valence-corrected chi connectivity index (χ0v) is 21.6. The molecule has 4 aromatic heterocycles. The van der Waals surface area contributed by atoms with Crippen molar-refractivity contribution in [2.75, 3.05) is 6.61 Å². The average Bonchev–Trinajstić information content (AvgIpc) is 3.61. The fourth-order valence-corrected chi connectivity index (χ4v) is 4.69. The van der Waals surface area contributed by atoms with Crippen molar-refractivity contribution in [3.05, 3.63) is 100 Å². The number of H-pyrrole nitrogens is 1. The molecule has 0 amide bonds. The predicted molar refractivity (Wildman–Crippen MR) is 142 cm³/mol. The van der Waals surface area contributed by atoms with Gasteiger partial charge in [0.1, 0.15) is 18.1 Å². The van der Waals surface area contributed by atoms with Crippen LogP contribution in [0.15, 0.2) is 76.4 Å². The van der Waals surface area contributed by atoms with E-state index in [9.17, 15) is 4.79 Å². The topological polar surface area (TPSA) is 115 Å². The Bertz CT molecular complexity index is 1510. The van der Waals surface area contributed by atoms with Gasteiger partial charge in [0.25, 0.3) is 5.56 Å². The van der Waals surface area contributed by atoms with Gasteiger partial charge in [-0.1, -0.05) is 19.4 Å². The minimum absolute atomic E-state index is 0.122. The van der Waals surface area contributed by atoms with E-state index >= 15 is 0 Å². The quantitative estimate of drug-likeness (QED) is 0.259. The number of furan rings is 1. The molecule has 196 valence electrons. The third-order valence-electron chi connectivity index (χ3n) is 6.43. The zero-order valence-electron chi connectivity index (χ0n) is 21.6. The standard InChI is InChI=1S/C28H31N7O3/c1-3-7-26(27-31-32-33-35(27)19-24-9-6-13-38-24)34(17-20-8-5-12-29-16-20)18-22-14-21-15-23(37-4-2)10-11-25(21)30-28(22)36/h5-6,8-16,26H,3-4,7,17-19H2,1-2H3,(H,30,36). The zero-order chi connectivity index (χ0) is 26.3. The Hall–Kier alpha value is -4.31. The Morgan fingerprint density at radius 3 is 2.82 bits per heavy atom. The van der Waals surface area contributed by atoms with Crippen LogP contribution in [0.2, 0.25) is 0 Å². The van der Waals surface area contributed by atoms with Crippen LogP contribution in [0.4, 0.5) is 0 Å². The molecule has 0 fully saturated rings. The van der Waals surface area contributed by atoms with Gasteiger partial charge in [-0.3, -0.25) is 14.7 Å². The molecule has 10 heteroatoms. The molecule has 1 aromatic carbocycles. The Morgan fingerprint density at radius 2 is 2.05 bits per heavy atom. The number of hydrogen-bond acceptors (Lipinski definition) is 8. The van der Waals surface area contributed by atoms with Crippen molar-refractivity contribution in [1.82, 2.24) is 35.1 Å². The van der Waals surface area contributed by atoms with E-state index in [4.69, 9.17) is 9.15 Å². The van der Waals surface area contributed by atoms with Gasteiger partial charge < -0.3 is 14.1 Å². The predicted octanol–water partition coefficient (Wildman–Crippen LogP) is 4.49. The summed E-state index contributed by atoms with van der Waals surface area (Å²) in [6.07, 6.45) is 6.96. The molecule has 5 rings (SSSR count). The van der Waals surface area contributed by atoms with Gasteiger partial charge in [-0.2, -0.15) is 0 Å². The molecular weight excluding hydrogens is 482 g/mol. The van der Waals surface area contributed by atoms with E-state index < -0.39 is 0 Å². The van der Waals surface area contributed by atoms with Gasteiger partial charge in [0.2, 0.25) is 0 Å². The summed E-state index contributed by atoms with van der Waals surface area (Å²) in [5, 5.41) is 13.6. The van der Waals surface area contributed by atoms with Crippen LogP contribution >= 0.6 is 0 Å². The third kappa shape index (κ3) is 5.81. The van der Waals surface area contributed by atoms with Gasteiger partial charge >= 0.3 is 0 Å². The summed E-state index contributed by atoms with van der Waals surface area (Å²) in [5.74, 6) is 2.26. The van der Waals surface area contributed by atoms with Crippen molar-refractivity contribution < 1.29 is 9.15 Å². The van der Waals surface area contributed by atoms with Crippen LogP contribution in [-0.4, -0.2) is 41.7 Å². The van der Waals surface area contributed by atoms with Crippen LogP contribution in [0.5, 0.6) is 5.75 Å². The fourth-order valence-electron chi connectivity index (χ4n) is 4.69. The van der Waals surface area contributed by atoms with E-state index in [1.165, 1.54) is 0 Å². The Balaban J connectivity index is 1.53. The minimum Gasteiger partial charge on any atom is -0.494 e. The van der Waals surface area contributed by atoms with Crippen LogP contribution in [0, 0.1) is 0 Å². The van der Waals surface area contributed by atoms with Crippen LogP contribution in [0.25, 0.3) is 10.9 Å². The summed E-state index contributed by atoms with van der Waals surface area (Å²) in [4.78, 5) is 22.8. The van der Waals surface area contributed by atoms with Crippen molar-refractivity contribution in [3.8, 4) is 5.75 Å². The maximum Gasteiger partial charge on any atom is 0.252 e. The van der Waals surface area contributed by atoms with Crippen LogP contribution in [0.3, 0.4) is 0 Å². The molecule has 38 heavy (non-hydrogen) atoms. The summed E-state index contributed by atoms with van der Waals surface area (Å²) in [6.45, 7) is 6.05. The highest BCUT2D eigenvalue weighted by atomic mass is 16.5. The maximum absolute atomic E-state index is 13.2. The highest BCUT2D eigenvalue weighted by Crippen LogP contribution is 2.28. The number of pyridine rings is 2. The second kappa shape index (κ2) is 11.8. The van der Waals surface area contributed by atoms with Crippen molar-refractivity contribution in [2.24, 2.45) is 0 Å². The van der Waals surface area contributed by atoms with Crippen LogP contribution in [0.1, 0.15) is 55.4 Å². The molecule has 1 atom stereocenters. The molecule has 0 radical (unpaired) electrons. The molecule has 0 aliphatic heterocycles. The molecule has 5 aromatic rings. The SMILES string of the molecule is CCCC(c1nnnn1Cc1ccco1)N(Cc1cccnc1)Cc1cc2cc(OCC)ccc2[nH]c1=O. The van der Waals surface area contributed by atoms with E-state index in [-0.39, 0.29) is 11.6 Å². The van der Waals surface area contributed by atoms with Gasteiger partial charge in [0.05, 0.1) is 18.9 Å². The lowest BCUT2D eigenvalue weighted by molar-refractivity contribution is 0.155. The van der Waals surface area contributed by atoms with E-state index in [0.717, 1.165) is 46.6 Å². The molecule has 0 saturated carbocycles. The highest BCUT2D eigenvalue weighted by molar-refractivity contribution is 5.80. The van der Waals surface area contributed by atoms with Crippen molar-refractivity contribution in [3.63, 3.8) is 0 Å². The summed E-state index contributed by atoms with van der Waals surface area (Å²) >= 11 is 0. The van der Waals surface area contributed by atoms with E-state index in [2.05, 4.69) is 37.3 Å². The summed E-state index contributed by atoms with van der Waals surface area (Å²) < 4.78 is 13.0. The lowest BCUT2D eigenvalue weighted by atomic mass is 10.1. The average molecular weight is 514 g/mol. The number of aromatic amines is 1. The number of aromatic nitrogens is 6. The lowest BCUT2D eigenvalue weighted by Crippen LogP contribution is -2.32. The van der Waals surface area contributed by atoms with Crippen molar-refractivity contribution >= 4 is 10.9 Å². The highest BCUT2D eigenvalue weighted by Gasteiger charge is 2.27. The molecule has 0 bridgehead atoms. The number of rotatable bonds is 12. The Morgan fingerprint density at radius 1 is 1.13 bits per heavy atom. The summed E-state index contributed by atoms with van der Waals surface area (Å²) in [7, 11) is 0. The molecule has 0 spiro atoms. The number of fused-ring (bicyclic) bond motifs is 1. The van der Waals surface area contributed by atoms with Crippen LogP contribution in [-0.2, 0) is 19.6 Å². The summed E-state index contributed by atoms with van der Waals surface area (Å²) in [5.41, 5.74) is 2.34. The first kappa shape index (κ1) is 25.3. The normalized spacial score (nSPS) is 12.3. The largest absolute Gasteiger partial charge is 0.494 e. The molecule has 1 unspecified atom stereocenters. The van der Waals surface area contributed by atoms with Crippen LogP contribution < -0.4 is 10.3 Å². The number of benzene rings is 1. The molecule has 4 heterocycles. The fraction of sp³-hybridized carbons (Fsp3) is 0.321. The number of nitrogens with one attached hydrogen (secondary N) is 1. The molecule has 1 N–H and O–H groups in total. The van der Waals surface area contributed by atoms with Gasteiger partial charge in [0.15, 0.2) is 5.82 Å². The number of hydrogen-bond donors (Lipinski definition) is 1. The minimum atomic E-state index is -0.143.